The molecule has 1 heterocycles. The maximum absolute atomic E-state index is 13.4. The molecule has 1 unspecified atom stereocenters. The molecule has 42 heavy (non-hydrogen) atoms. The first-order valence-corrected chi connectivity index (χ1v) is 14.5. The van der Waals surface area contributed by atoms with Gasteiger partial charge in [0.2, 0.25) is 5.91 Å². The van der Waals surface area contributed by atoms with E-state index in [0.717, 1.165) is 60.5 Å². The second-order valence-electron chi connectivity index (χ2n) is 11.1. The zero-order valence-electron chi connectivity index (χ0n) is 24.3. The predicted molar refractivity (Wildman–Crippen MR) is 172 cm³/mol. The first-order valence-electron chi connectivity index (χ1n) is 14.5. The van der Waals surface area contributed by atoms with Crippen LogP contribution in [0.2, 0.25) is 0 Å². The quantitative estimate of drug-likeness (QED) is 0.229. The highest BCUT2D eigenvalue weighted by Gasteiger charge is 2.28. The third-order valence-electron chi connectivity index (χ3n) is 7.93. The Kier molecular flexibility index (Phi) is 9.31. The van der Waals surface area contributed by atoms with E-state index in [-0.39, 0.29) is 17.9 Å². The summed E-state index contributed by atoms with van der Waals surface area (Å²) in [7, 11) is 2.12. The molecule has 0 aliphatic carbocycles. The van der Waals surface area contributed by atoms with Crippen molar-refractivity contribution in [1.82, 2.24) is 9.80 Å². The Hall–Kier alpha value is -4.46. The van der Waals surface area contributed by atoms with E-state index in [1.165, 1.54) is 0 Å². The molecule has 0 radical (unpaired) electrons. The van der Waals surface area contributed by atoms with Crippen LogP contribution in [-0.4, -0.2) is 60.9 Å². The molecule has 7 nitrogen and oxygen atoms in total. The SMILES string of the molecule is Cc1ccc(NC(=O)C(CCc2ccc(C(=O)Nc3cc(-c4ccccc4)ccc3N)cc2)N2CCN(C)CC2)cc1. The van der Waals surface area contributed by atoms with Crippen molar-refractivity contribution >= 4 is 28.9 Å². The molecular formula is C35H39N5O2. The standard InChI is InChI=1S/C35H39N5O2/c1-25-8-16-30(17-9-25)37-35(42)33(40-22-20-39(2)21-23-40)19-12-26-10-13-28(14-11-26)34(41)38-32-24-29(15-18-31(32)36)27-6-4-3-5-7-27/h3-11,13-18,24,33H,12,19-23,36H2,1-2H3,(H,37,42)(H,38,41). The maximum atomic E-state index is 13.4. The minimum Gasteiger partial charge on any atom is -0.397 e. The Labute approximate surface area is 248 Å². The Morgan fingerprint density at radius 1 is 0.810 bits per heavy atom. The lowest BCUT2D eigenvalue weighted by Crippen LogP contribution is -2.53. The van der Waals surface area contributed by atoms with Crippen LogP contribution < -0.4 is 16.4 Å². The van der Waals surface area contributed by atoms with E-state index in [2.05, 4.69) is 27.5 Å². The zero-order valence-corrected chi connectivity index (χ0v) is 24.3. The molecule has 1 atom stereocenters. The number of amides is 2. The maximum Gasteiger partial charge on any atom is 0.255 e. The molecule has 5 rings (SSSR count). The molecule has 0 aromatic heterocycles. The molecule has 4 N–H and O–H groups in total. The smallest absolute Gasteiger partial charge is 0.255 e. The first-order chi connectivity index (χ1) is 20.4. The van der Waals surface area contributed by atoms with Gasteiger partial charge in [-0.25, -0.2) is 0 Å². The number of likely N-dealkylation sites (N-methyl/N-ethyl adjacent to an activating group) is 1. The lowest BCUT2D eigenvalue weighted by atomic mass is 10.0. The van der Waals surface area contributed by atoms with Gasteiger partial charge in [0.25, 0.3) is 5.91 Å². The number of nitrogen functional groups attached to an aromatic ring is 1. The van der Waals surface area contributed by atoms with Crippen LogP contribution in [0, 0.1) is 6.92 Å². The summed E-state index contributed by atoms with van der Waals surface area (Å²) in [6, 6.07) is 30.9. The van der Waals surface area contributed by atoms with Crippen molar-refractivity contribution < 1.29 is 9.59 Å². The molecular weight excluding hydrogens is 522 g/mol. The van der Waals surface area contributed by atoms with Crippen molar-refractivity contribution in [3.63, 3.8) is 0 Å². The summed E-state index contributed by atoms with van der Waals surface area (Å²) >= 11 is 0. The number of nitrogens with one attached hydrogen (secondary N) is 2. The third kappa shape index (κ3) is 7.43. The molecule has 7 heteroatoms. The van der Waals surface area contributed by atoms with Crippen LogP contribution in [0.25, 0.3) is 11.1 Å². The van der Waals surface area contributed by atoms with Crippen molar-refractivity contribution in [2.45, 2.75) is 25.8 Å². The monoisotopic (exact) mass is 561 g/mol. The summed E-state index contributed by atoms with van der Waals surface area (Å²) in [5.74, 6) is -0.194. The van der Waals surface area contributed by atoms with Gasteiger partial charge in [-0.1, -0.05) is 66.2 Å². The number of aryl methyl sites for hydroxylation is 2. The largest absolute Gasteiger partial charge is 0.397 e. The van der Waals surface area contributed by atoms with Gasteiger partial charge in [-0.3, -0.25) is 14.5 Å². The topological polar surface area (TPSA) is 90.7 Å². The van der Waals surface area contributed by atoms with Gasteiger partial charge in [0.05, 0.1) is 17.4 Å². The van der Waals surface area contributed by atoms with Gasteiger partial charge < -0.3 is 21.3 Å². The highest BCUT2D eigenvalue weighted by molar-refractivity contribution is 6.06. The number of nitrogens with two attached hydrogens (primary N) is 1. The van der Waals surface area contributed by atoms with E-state index in [0.29, 0.717) is 23.4 Å². The third-order valence-corrected chi connectivity index (χ3v) is 7.93. The van der Waals surface area contributed by atoms with Crippen molar-refractivity contribution in [2.24, 2.45) is 0 Å². The molecule has 2 amide bonds. The zero-order chi connectivity index (χ0) is 29.5. The number of piperazine rings is 1. The summed E-state index contributed by atoms with van der Waals surface area (Å²) < 4.78 is 0. The van der Waals surface area contributed by atoms with Crippen LogP contribution in [0.5, 0.6) is 0 Å². The van der Waals surface area contributed by atoms with Crippen LogP contribution >= 0.6 is 0 Å². The van der Waals surface area contributed by atoms with Crippen LogP contribution in [-0.2, 0) is 11.2 Å². The summed E-state index contributed by atoms with van der Waals surface area (Å²) in [4.78, 5) is 31.1. The molecule has 0 spiro atoms. The first kappa shape index (κ1) is 29.0. The lowest BCUT2D eigenvalue weighted by Gasteiger charge is -2.37. The number of rotatable bonds is 9. The molecule has 216 valence electrons. The molecule has 1 saturated heterocycles. The van der Waals surface area contributed by atoms with Gasteiger partial charge in [0.1, 0.15) is 0 Å². The molecule has 1 fully saturated rings. The Balaban J connectivity index is 1.23. The number of carbonyl (C=O) groups excluding carboxylic acids is 2. The van der Waals surface area contributed by atoms with Crippen LogP contribution in [0.3, 0.4) is 0 Å². The number of hydrogen-bond donors (Lipinski definition) is 3. The average molecular weight is 562 g/mol. The normalized spacial score (nSPS) is 14.7. The number of nitrogens with zero attached hydrogens (tertiary/aromatic N) is 2. The number of benzene rings is 4. The minimum absolute atomic E-state index is 0.0229. The Morgan fingerprint density at radius 3 is 2.19 bits per heavy atom. The van der Waals surface area contributed by atoms with Gasteiger partial charge in [-0.2, -0.15) is 0 Å². The van der Waals surface area contributed by atoms with E-state index < -0.39 is 0 Å². The Morgan fingerprint density at radius 2 is 1.50 bits per heavy atom. The highest BCUT2D eigenvalue weighted by Crippen LogP contribution is 2.27. The van der Waals surface area contributed by atoms with Crippen molar-refractivity contribution in [2.75, 3.05) is 49.6 Å². The highest BCUT2D eigenvalue weighted by atomic mass is 16.2. The van der Waals surface area contributed by atoms with E-state index in [1.807, 2.05) is 104 Å². The summed E-state index contributed by atoms with van der Waals surface area (Å²) in [6.45, 7) is 5.63. The summed E-state index contributed by atoms with van der Waals surface area (Å²) in [5, 5.41) is 6.09. The van der Waals surface area contributed by atoms with E-state index in [1.54, 1.807) is 0 Å². The summed E-state index contributed by atoms with van der Waals surface area (Å²) in [6.07, 6.45) is 1.42. The fourth-order valence-corrected chi connectivity index (χ4v) is 5.27. The number of carbonyl (C=O) groups is 2. The number of hydrogen-bond acceptors (Lipinski definition) is 5. The van der Waals surface area contributed by atoms with Crippen molar-refractivity contribution in [3.8, 4) is 11.1 Å². The second kappa shape index (κ2) is 13.5. The fourth-order valence-electron chi connectivity index (χ4n) is 5.27. The molecule has 0 saturated carbocycles. The van der Waals surface area contributed by atoms with Gasteiger partial charge in [-0.15, -0.1) is 0 Å². The molecule has 1 aliphatic rings. The van der Waals surface area contributed by atoms with Gasteiger partial charge in [0, 0.05) is 37.4 Å². The lowest BCUT2D eigenvalue weighted by molar-refractivity contribution is -0.122. The Bertz CT molecular complexity index is 1500. The molecule has 0 bridgehead atoms. The fraction of sp³-hybridized carbons (Fsp3) is 0.257. The number of anilines is 3. The van der Waals surface area contributed by atoms with Gasteiger partial charge >= 0.3 is 0 Å². The van der Waals surface area contributed by atoms with Gasteiger partial charge in [-0.05, 0) is 79.9 Å². The van der Waals surface area contributed by atoms with Crippen LogP contribution in [0.1, 0.15) is 27.9 Å². The van der Waals surface area contributed by atoms with E-state index >= 15 is 0 Å². The minimum atomic E-state index is -0.233. The van der Waals surface area contributed by atoms with Crippen LogP contribution in [0.4, 0.5) is 17.1 Å². The molecule has 1 aliphatic heterocycles. The van der Waals surface area contributed by atoms with E-state index in [9.17, 15) is 9.59 Å². The van der Waals surface area contributed by atoms with Crippen molar-refractivity contribution in [1.29, 1.82) is 0 Å². The van der Waals surface area contributed by atoms with Crippen molar-refractivity contribution in [3.05, 3.63) is 114 Å². The average Bonchev–Trinajstić information content (AvgIpc) is 3.01. The summed E-state index contributed by atoms with van der Waals surface area (Å²) in [5.41, 5.74) is 12.9. The molecule has 4 aromatic carbocycles. The molecule has 4 aromatic rings. The van der Waals surface area contributed by atoms with E-state index in [4.69, 9.17) is 5.73 Å². The van der Waals surface area contributed by atoms with Crippen LogP contribution in [0.15, 0.2) is 97.1 Å². The van der Waals surface area contributed by atoms with Gasteiger partial charge in [0.15, 0.2) is 0 Å². The predicted octanol–water partition coefficient (Wildman–Crippen LogP) is 5.68. The second-order valence-corrected chi connectivity index (χ2v) is 11.1.